The van der Waals surface area contributed by atoms with E-state index in [0.717, 1.165) is 28.8 Å². The van der Waals surface area contributed by atoms with Crippen LogP contribution in [-0.2, 0) is 6.54 Å². The second kappa shape index (κ2) is 4.41. The first-order valence-corrected chi connectivity index (χ1v) is 5.79. The summed E-state index contributed by atoms with van der Waals surface area (Å²) in [7, 11) is 1.67. The summed E-state index contributed by atoms with van der Waals surface area (Å²) in [5.41, 5.74) is 2.16. The van der Waals surface area contributed by atoms with Crippen LogP contribution in [0.4, 0.5) is 0 Å². The lowest BCUT2D eigenvalue weighted by atomic mass is 10.1. The predicted octanol–water partition coefficient (Wildman–Crippen LogP) is 3.33. The molecule has 0 aliphatic rings. The molecule has 1 aromatic heterocycles. The molecule has 0 bridgehead atoms. The molecule has 0 unspecified atom stereocenters. The Morgan fingerprint density at radius 1 is 1.29 bits per heavy atom. The van der Waals surface area contributed by atoms with Crippen molar-refractivity contribution in [2.75, 3.05) is 7.11 Å². The zero-order valence-electron chi connectivity index (χ0n) is 10.8. The average molecular weight is 233 g/mol. The molecule has 0 radical (unpaired) electrons. The molecule has 0 aliphatic heterocycles. The van der Waals surface area contributed by atoms with Crippen molar-refractivity contribution in [3.05, 3.63) is 30.0 Å². The number of nitrogens with one attached hydrogen (secondary N) is 1. The molecule has 0 saturated heterocycles. The Kier molecular flexibility index (Phi) is 3.11. The van der Waals surface area contributed by atoms with Gasteiger partial charge < -0.3 is 14.5 Å². The van der Waals surface area contributed by atoms with Gasteiger partial charge in [0.2, 0.25) is 0 Å². The first-order valence-electron chi connectivity index (χ1n) is 5.79. The smallest absolute Gasteiger partial charge is 0.134 e. The van der Waals surface area contributed by atoms with Gasteiger partial charge in [-0.25, -0.2) is 0 Å². The van der Waals surface area contributed by atoms with Crippen molar-refractivity contribution in [1.82, 2.24) is 5.32 Å². The number of fused-ring (bicyclic) bond motifs is 1. The number of furan rings is 1. The lowest BCUT2D eigenvalue weighted by Crippen LogP contribution is -2.34. The van der Waals surface area contributed by atoms with E-state index in [0.29, 0.717) is 0 Å². The number of methoxy groups -OCH3 is 1. The zero-order chi connectivity index (χ0) is 12.5. The van der Waals surface area contributed by atoms with Gasteiger partial charge >= 0.3 is 0 Å². The standard InChI is InChI=1S/C14H19NO2/c1-14(2,3)15-8-10-9-17-13-6-5-11(16-4)7-12(10)13/h5-7,9,15H,8H2,1-4H3. The summed E-state index contributed by atoms with van der Waals surface area (Å²) in [5.74, 6) is 0.857. The van der Waals surface area contributed by atoms with Gasteiger partial charge in [0.15, 0.2) is 0 Å². The van der Waals surface area contributed by atoms with Crippen molar-refractivity contribution >= 4 is 11.0 Å². The maximum atomic E-state index is 5.52. The second-order valence-electron chi connectivity index (χ2n) is 5.23. The molecule has 0 saturated carbocycles. The molecule has 0 aliphatic carbocycles. The van der Waals surface area contributed by atoms with Crippen molar-refractivity contribution in [2.45, 2.75) is 32.9 Å². The van der Waals surface area contributed by atoms with Gasteiger partial charge in [-0.05, 0) is 39.0 Å². The summed E-state index contributed by atoms with van der Waals surface area (Å²) in [4.78, 5) is 0. The van der Waals surface area contributed by atoms with E-state index >= 15 is 0 Å². The van der Waals surface area contributed by atoms with Crippen LogP contribution in [0, 0.1) is 0 Å². The highest BCUT2D eigenvalue weighted by atomic mass is 16.5. The van der Waals surface area contributed by atoms with Crippen molar-refractivity contribution < 1.29 is 9.15 Å². The molecule has 0 amide bonds. The first-order chi connectivity index (χ1) is 7.99. The molecule has 0 fully saturated rings. The van der Waals surface area contributed by atoms with Crippen LogP contribution in [0.25, 0.3) is 11.0 Å². The highest BCUT2D eigenvalue weighted by Crippen LogP contribution is 2.25. The van der Waals surface area contributed by atoms with Crippen LogP contribution < -0.4 is 10.1 Å². The van der Waals surface area contributed by atoms with Gasteiger partial charge in [0.25, 0.3) is 0 Å². The van der Waals surface area contributed by atoms with Crippen molar-refractivity contribution in [3.63, 3.8) is 0 Å². The van der Waals surface area contributed by atoms with E-state index in [-0.39, 0.29) is 5.54 Å². The minimum Gasteiger partial charge on any atom is -0.497 e. The number of ether oxygens (including phenoxy) is 1. The molecule has 0 atom stereocenters. The van der Waals surface area contributed by atoms with E-state index in [4.69, 9.17) is 9.15 Å². The van der Waals surface area contributed by atoms with Crippen LogP contribution in [-0.4, -0.2) is 12.6 Å². The minimum atomic E-state index is 0.0997. The fourth-order valence-corrected chi connectivity index (χ4v) is 1.69. The summed E-state index contributed by atoms with van der Waals surface area (Å²) >= 11 is 0. The lowest BCUT2D eigenvalue weighted by molar-refractivity contribution is 0.415. The number of hydrogen-bond donors (Lipinski definition) is 1. The molecule has 0 spiro atoms. The van der Waals surface area contributed by atoms with Gasteiger partial charge in [-0.2, -0.15) is 0 Å². The molecule has 1 heterocycles. The average Bonchev–Trinajstić information content (AvgIpc) is 2.67. The number of rotatable bonds is 3. The molecule has 1 N–H and O–H groups in total. The number of hydrogen-bond acceptors (Lipinski definition) is 3. The quantitative estimate of drug-likeness (QED) is 0.883. The Hall–Kier alpha value is -1.48. The summed E-state index contributed by atoms with van der Waals surface area (Å²) in [6.45, 7) is 7.24. The maximum Gasteiger partial charge on any atom is 0.134 e. The van der Waals surface area contributed by atoms with E-state index in [9.17, 15) is 0 Å². The predicted molar refractivity (Wildman–Crippen MR) is 69.4 cm³/mol. The summed E-state index contributed by atoms with van der Waals surface area (Å²) in [6, 6.07) is 5.86. The third kappa shape index (κ3) is 2.80. The van der Waals surface area contributed by atoms with Crippen molar-refractivity contribution in [2.24, 2.45) is 0 Å². The summed E-state index contributed by atoms with van der Waals surface area (Å²) in [5, 5.41) is 4.57. The van der Waals surface area contributed by atoms with E-state index in [1.54, 1.807) is 7.11 Å². The number of benzene rings is 1. The molecule has 92 valence electrons. The molecule has 3 nitrogen and oxygen atoms in total. The Morgan fingerprint density at radius 3 is 2.71 bits per heavy atom. The fourth-order valence-electron chi connectivity index (χ4n) is 1.69. The summed E-state index contributed by atoms with van der Waals surface area (Å²) in [6.07, 6.45) is 1.81. The van der Waals surface area contributed by atoms with Gasteiger partial charge in [-0.3, -0.25) is 0 Å². The van der Waals surface area contributed by atoms with E-state index in [1.807, 2.05) is 24.5 Å². The van der Waals surface area contributed by atoms with E-state index < -0.39 is 0 Å². The summed E-state index contributed by atoms with van der Waals surface area (Å²) < 4.78 is 10.7. The van der Waals surface area contributed by atoms with Gasteiger partial charge in [0.05, 0.1) is 13.4 Å². The molecule has 1 aromatic carbocycles. The zero-order valence-corrected chi connectivity index (χ0v) is 10.8. The van der Waals surface area contributed by atoms with Crippen molar-refractivity contribution in [3.8, 4) is 5.75 Å². The largest absolute Gasteiger partial charge is 0.497 e. The third-order valence-electron chi connectivity index (χ3n) is 2.67. The van der Waals surface area contributed by atoms with Gasteiger partial charge in [-0.15, -0.1) is 0 Å². The highest BCUT2D eigenvalue weighted by molar-refractivity contribution is 5.82. The minimum absolute atomic E-state index is 0.0997. The van der Waals surface area contributed by atoms with E-state index in [2.05, 4.69) is 26.1 Å². The molecular formula is C14H19NO2. The highest BCUT2D eigenvalue weighted by Gasteiger charge is 2.12. The molecule has 3 heteroatoms. The Labute approximate surface area is 102 Å². The van der Waals surface area contributed by atoms with Crippen molar-refractivity contribution in [1.29, 1.82) is 0 Å². The molecular weight excluding hydrogens is 214 g/mol. The Morgan fingerprint density at radius 2 is 2.06 bits per heavy atom. The van der Waals surface area contributed by atoms with Gasteiger partial charge in [-0.1, -0.05) is 0 Å². The van der Waals surface area contributed by atoms with E-state index in [1.165, 1.54) is 0 Å². The third-order valence-corrected chi connectivity index (χ3v) is 2.67. The maximum absolute atomic E-state index is 5.52. The topological polar surface area (TPSA) is 34.4 Å². The normalized spacial score (nSPS) is 12.0. The second-order valence-corrected chi connectivity index (χ2v) is 5.23. The van der Waals surface area contributed by atoms with Gasteiger partial charge in [0.1, 0.15) is 11.3 Å². The molecule has 2 rings (SSSR count). The van der Waals surface area contributed by atoms with Gasteiger partial charge in [0, 0.05) is 23.0 Å². The first kappa shape index (κ1) is 12.0. The van der Waals surface area contributed by atoms with Crippen LogP contribution in [0.15, 0.2) is 28.9 Å². The van der Waals surface area contributed by atoms with Crippen LogP contribution >= 0.6 is 0 Å². The van der Waals surface area contributed by atoms with Crippen LogP contribution in [0.2, 0.25) is 0 Å². The fraction of sp³-hybridized carbons (Fsp3) is 0.429. The van der Waals surface area contributed by atoms with Crippen LogP contribution in [0.3, 0.4) is 0 Å². The van der Waals surface area contributed by atoms with Crippen LogP contribution in [0.5, 0.6) is 5.75 Å². The SMILES string of the molecule is COc1ccc2occ(CNC(C)(C)C)c2c1. The Bertz CT molecular complexity index is 508. The monoisotopic (exact) mass is 233 g/mol. The Balaban J connectivity index is 2.28. The lowest BCUT2D eigenvalue weighted by Gasteiger charge is -2.19. The molecule has 17 heavy (non-hydrogen) atoms. The van der Waals surface area contributed by atoms with Crippen LogP contribution in [0.1, 0.15) is 26.3 Å². The molecule has 2 aromatic rings.